The first kappa shape index (κ1) is 22.9. The number of aryl methyl sites for hydroxylation is 1. The molecule has 1 amide bonds. The van der Waals surface area contributed by atoms with Crippen LogP contribution in [0.5, 0.6) is 0 Å². The molecule has 3 aromatic rings. The van der Waals surface area contributed by atoms with Crippen LogP contribution < -0.4 is 16.7 Å². The van der Waals surface area contributed by atoms with Gasteiger partial charge in [0.1, 0.15) is 0 Å². The Kier molecular flexibility index (Phi) is 7.49. The van der Waals surface area contributed by atoms with Crippen molar-refractivity contribution in [2.24, 2.45) is 0 Å². The van der Waals surface area contributed by atoms with Gasteiger partial charge < -0.3 is 16.0 Å². The molecule has 4 rings (SSSR count). The molecule has 0 bridgehead atoms. The third-order valence-electron chi connectivity index (χ3n) is 5.17. The van der Waals surface area contributed by atoms with Crippen LogP contribution in [0.2, 0.25) is 0 Å². The number of aromatic amines is 1. The summed E-state index contributed by atoms with van der Waals surface area (Å²) in [6.07, 6.45) is 7.94. The Morgan fingerprint density at radius 2 is 1.84 bits per heavy atom. The Hall–Kier alpha value is -3.80. The number of amides is 1. The second-order valence-electron chi connectivity index (χ2n) is 7.45. The Bertz CT molecular complexity index is 1200. The zero-order chi connectivity index (χ0) is 23.1. The van der Waals surface area contributed by atoms with E-state index in [0.29, 0.717) is 23.5 Å². The van der Waals surface area contributed by atoms with Gasteiger partial charge in [-0.05, 0) is 61.2 Å². The van der Waals surface area contributed by atoms with E-state index in [1.807, 2.05) is 51.1 Å². The first-order valence-corrected chi connectivity index (χ1v) is 10.9. The summed E-state index contributed by atoms with van der Waals surface area (Å²) in [5, 5.41) is 2.82. The number of rotatable bonds is 4. The molecule has 166 valence electrons. The number of nitrogens with two attached hydrogens (primary N) is 1. The van der Waals surface area contributed by atoms with Crippen LogP contribution in [0.4, 0.5) is 11.4 Å². The first-order valence-electron chi connectivity index (χ1n) is 10.9. The van der Waals surface area contributed by atoms with Gasteiger partial charge >= 0.3 is 5.69 Å². The summed E-state index contributed by atoms with van der Waals surface area (Å²) in [7, 11) is 0. The van der Waals surface area contributed by atoms with Crippen LogP contribution in [0.25, 0.3) is 6.08 Å². The van der Waals surface area contributed by atoms with E-state index in [9.17, 15) is 9.59 Å². The molecule has 0 radical (unpaired) electrons. The van der Waals surface area contributed by atoms with Gasteiger partial charge in [-0.15, -0.1) is 0 Å². The lowest BCUT2D eigenvalue weighted by molar-refractivity contribution is 0.102. The van der Waals surface area contributed by atoms with Crippen molar-refractivity contribution in [1.82, 2.24) is 9.55 Å². The average Bonchev–Trinajstić information content (AvgIpc) is 3.07. The van der Waals surface area contributed by atoms with E-state index in [-0.39, 0.29) is 11.6 Å². The lowest BCUT2D eigenvalue weighted by atomic mass is 10.1. The Morgan fingerprint density at radius 3 is 2.56 bits per heavy atom. The number of H-pyrrole nitrogens is 1. The number of hydrogen-bond donors (Lipinski definition) is 3. The van der Waals surface area contributed by atoms with E-state index in [2.05, 4.69) is 22.5 Å². The molecule has 4 N–H and O–H groups in total. The molecule has 0 atom stereocenters. The Labute approximate surface area is 188 Å². The minimum absolute atomic E-state index is 0.118. The largest absolute Gasteiger partial charge is 0.397 e. The smallest absolute Gasteiger partial charge is 0.326 e. The van der Waals surface area contributed by atoms with Gasteiger partial charge in [-0.1, -0.05) is 50.3 Å². The maximum Gasteiger partial charge on any atom is 0.326 e. The number of carbonyl (C=O) groups excluding carboxylic acids is 1. The summed E-state index contributed by atoms with van der Waals surface area (Å²) in [5.74, 6) is -0.228. The zero-order valence-electron chi connectivity index (χ0n) is 18.8. The summed E-state index contributed by atoms with van der Waals surface area (Å²) in [5.41, 5.74) is 11.3. The van der Waals surface area contributed by atoms with Crippen LogP contribution >= 0.6 is 0 Å². The highest BCUT2D eigenvalue weighted by Gasteiger charge is 2.14. The lowest BCUT2D eigenvalue weighted by Crippen LogP contribution is -2.19. The molecule has 0 saturated heterocycles. The quantitative estimate of drug-likeness (QED) is 0.509. The molecule has 0 unspecified atom stereocenters. The molecule has 1 aromatic heterocycles. The number of fused-ring (bicyclic) bond motifs is 1. The predicted molar refractivity (Wildman–Crippen MR) is 132 cm³/mol. The molecular formula is C26H30N4O2. The highest BCUT2D eigenvalue weighted by Crippen LogP contribution is 2.19. The van der Waals surface area contributed by atoms with E-state index < -0.39 is 0 Å². The van der Waals surface area contributed by atoms with Crippen LogP contribution in [-0.2, 0) is 13.0 Å². The number of nitrogens with one attached hydrogen (secondary N) is 2. The summed E-state index contributed by atoms with van der Waals surface area (Å²) >= 11 is 0. The van der Waals surface area contributed by atoms with Gasteiger partial charge in [-0.3, -0.25) is 9.36 Å². The fourth-order valence-electron chi connectivity index (χ4n) is 3.56. The molecule has 32 heavy (non-hydrogen) atoms. The van der Waals surface area contributed by atoms with Crippen molar-refractivity contribution >= 4 is 23.4 Å². The van der Waals surface area contributed by atoms with Crippen LogP contribution in [0.1, 0.15) is 54.5 Å². The van der Waals surface area contributed by atoms with Crippen molar-refractivity contribution in [3.05, 3.63) is 99.3 Å². The topological polar surface area (TPSA) is 92.9 Å². The molecule has 0 fully saturated rings. The third kappa shape index (κ3) is 5.27. The normalized spacial score (nSPS) is 15.2. The number of imidazole rings is 1. The van der Waals surface area contributed by atoms with Crippen LogP contribution in [0.15, 0.2) is 71.1 Å². The highest BCUT2D eigenvalue weighted by molar-refractivity contribution is 6.05. The van der Waals surface area contributed by atoms with Gasteiger partial charge in [-0.25, -0.2) is 4.79 Å². The minimum Gasteiger partial charge on any atom is -0.397 e. The number of nitrogens with zero attached hydrogens (tertiary/aromatic N) is 1. The maximum atomic E-state index is 12.5. The van der Waals surface area contributed by atoms with Crippen molar-refractivity contribution in [2.75, 3.05) is 11.1 Å². The number of anilines is 2. The Morgan fingerprint density at radius 1 is 1.12 bits per heavy atom. The second-order valence-corrected chi connectivity index (χ2v) is 7.45. The number of nitrogen functional groups attached to an aromatic ring is 1. The molecule has 1 heterocycles. The standard InChI is InChI=1S/C24H24N4O2.C2H6/c1-16-6-2-4-9-21-22(14-16)28(24(30)27-21)15-17-10-12-18(13-11-17)23(29)26-20-8-5-3-7-19(20)25;1-2/h2-3,5-8,10-14H,4,9,15,25H2,1H3,(H,26,29)(H,27,30);1-2H3/b6-2-,16-14-;. The fourth-order valence-corrected chi connectivity index (χ4v) is 3.56. The summed E-state index contributed by atoms with van der Waals surface area (Å²) in [4.78, 5) is 28.0. The van der Waals surface area contributed by atoms with Crippen LogP contribution in [-0.4, -0.2) is 15.5 Å². The molecule has 6 nitrogen and oxygen atoms in total. The molecule has 1 aliphatic rings. The van der Waals surface area contributed by atoms with Crippen molar-refractivity contribution in [3.8, 4) is 0 Å². The number of para-hydroxylation sites is 2. The monoisotopic (exact) mass is 430 g/mol. The molecule has 0 saturated carbocycles. The van der Waals surface area contributed by atoms with E-state index in [0.717, 1.165) is 35.4 Å². The summed E-state index contributed by atoms with van der Waals surface area (Å²) < 4.78 is 1.75. The molecule has 0 aliphatic heterocycles. The van der Waals surface area contributed by atoms with E-state index in [4.69, 9.17) is 5.73 Å². The maximum absolute atomic E-state index is 12.5. The number of allylic oxidation sites excluding steroid dienone is 3. The summed E-state index contributed by atoms with van der Waals surface area (Å²) in [6, 6.07) is 14.4. The van der Waals surface area contributed by atoms with Gasteiger partial charge in [0.15, 0.2) is 0 Å². The number of carbonyl (C=O) groups is 1. The predicted octanol–water partition coefficient (Wildman–Crippen LogP) is 4.99. The zero-order valence-corrected chi connectivity index (χ0v) is 18.8. The number of benzene rings is 2. The fraction of sp³-hybridized carbons (Fsp3) is 0.231. The third-order valence-corrected chi connectivity index (χ3v) is 5.17. The van der Waals surface area contributed by atoms with Gasteiger partial charge in [0.25, 0.3) is 5.91 Å². The van der Waals surface area contributed by atoms with E-state index in [1.165, 1.54) is 0 Å². The van der Waals surface area contributed by atoms with Gasteiger partial charge in [0, 0.05) is 11.3 Å². The van der Waals surface area contributed by atoms with Crippen molar-refractivity contribution in [3.63, 3.8) is 0 Å². The van der Waals surface area contributed by atoms with E-state index >= 15 is 0 Å². The van der Waals surface area contributed by atoms with Gasteiger partial charge in [0.05, 0.1) is 23.6 Å². The van der Waals surface area contributed by atoms with Crippen molar-refractivity contribution in [1.29, 1.82) is 0 Å². The molecule has 2 aromatic carbocycles. The van der Waals surface area contributed by atoms with Gasteiger partial charge in [0.2, 0.25) is 0 Å². The average molecular weight is 431 g/mol. The molecular weight excluding hydrogens is 400 g/mol. The molecule has 6 heteroatoms. The Balaban J connectivity index is 0.00000141. The van der Waals surface area contributed by atoms with Crippen LogP contribution in [0, 0.1) is 0 Å². The highest BCUT2D eigenvalue weighted by atomic mass is 16.2. The lowest BCUT2D eigenvalue weighted by Gasteiger charge is -2.10. The number of aromatic nitrogens is 2. The summed E-state index contributed by atoms with van der Waals surface area (Å²) in [6.45, 7) is 6.46. The minimum atomic E-state index is -0.228. The SMILES string of the molecule is CC.CC1=C/c2c([nH]c(=O)n2Cc2ccc(C(=O)Nc3ccccc3N)cc2)CC/C=C\1. The molecule has 1 aliphatic carbocycles. The molecule has 0 spiro atoms. The van der Waals surface area contributed by atoms with Gasteiger partial charge in [-0.2, -0.15) is 0 Å². The van der Waals surface area contributed by atoms with Crippen LogP contribution in [0.3, 0.4) is 0 Å². The second kappa shape index (κ2) is 10.5. The van der Waals surface area contributed by atoms with Crippen molar-refractivity contribution < 1.29 is 4.79 Å². The first-order chi connectivity index (χ1) is 15.5. The number of hydrogen-bond acceptors (Lipinski definition) is 3. The van der Waals surface area contributed by atoms with Crippen molar-refractivity contribution in [2.45, 2.75) is 40.2 Å². The van der Waals surface area contributed by atoms with E-state index in [1.54, 1.807) is 28.8 Å².